The topological polar surface area (TPSA) is 83.4 Å². The van der Waals surface area contributed by atoms with Crippen LogP contribution in [0.2, 0.25) is 0 Å². The number of dihydropyridines is 1. The van der Waals surface area contributed by atoms with Gasteiger partial charge in [0.25, 0.3) is 0 Å². The Morgan fingerprint density at radius 1 is 1.23 bits per heavy atom. The lowest BCUT2D eigenvalue weighted by atomic mass is 9.61. The molecule has 160 valence electrons. The van der Waals surface area contributed by atoms with Gasteiger partial charge in [0.05, 0.1) is 31.7 Å². The Morgan fingerprint density at radius 3 is 2.73 bits per heavy atom. The summed E-state index contributed by atoms with van der Waals surface area (Å²) in [5, 5.41) is 12.1. The summed E-state index contributed by atoms with van der Waals surface area (Å²) in [4.78, 5) is 28.1. The number of nitrogens with one attached hydrogen (secondary N) is 1. The first-order valence-electron chi connectivity index (χ1n) is 11.3. The first-order valence-corrected chi connectivity index (χ1v) is 11.3. The molecule has 2 spiro atoms. The molecule has 0 aromatic rings. The van der Waals surface area contributed by atoms with Crippen molar-refractivity contribution in [3.8, 4) is 0 Å². The van der Waals surface area contributed by atoms with Crippen LogP contribution in [0.25, 0.3) is 0 Å². The standard InChI is InChI=1S/C23H30N4O3/c1-13-4-14(5-13)20(29)27-10-22(11-27)9-23(12-30-22)15-8-24-26-19(15)25-16-6-21(2,3)7-17(28)18(16)23/h13-14,25H,4-12H2,1-3H3/t13?,14?,23-/m1/s1. The number of fused-ring (bicyclic) bond motifs is 2. The Labute approximate surface area is 177 Å². The highest BCUT2D eigenvalue weighted by Crippen LogP contribution is 2.58. The fourth-order valence-electron chi connectivity index (χ4n) is 6.72. The molecule has 6 aliphatic rings. The van der Waals surface area contributed by atoms with E-state index in [1.165, 1.54) is 0 Å². The molecule has 2 saturated heterocycles. The van der Waals surface area contributed by atoms with E-state index < -0.39 is 5.41 Å². The van der Waals surface area contributed by atoms with Gasteiger partial charge in [-0.3, -0.25) is 9.59 Å². The van der Waals surface area contributed by atoms with Crippen molar-refractivity contribution in [2.24, 2.45) is 32.9 Å². The van der Waals surface area contributed by atoms with E-state index in [2.05, 4.69) is 36.3 Å². The molecule has 1 N–H and O–H groups in total. The summed E-state index contributed by atoms with van der Waals surface area (Å²) in [7, 11) is 0. The summed E-state index contributed by atoms with van der Waals surface area (Å²) >= 11 is 0. The number of ketones is 1. The molecular weight excluding hydrogens is 380 g/mol. The van der Waals surface area contributed by atoms with E-state index in [4.69, 9.17) is 4.74 Å². The van der Waals surface area contributed by atoms with E-state index in [0.717, 1.165) is 48.3 Å². The summed E-state index contributed by atoms with van der Waals surface area (Å²) in [6.07, 6.45) is 4.17. The molecule has 7 nitrogen and oxygen atoms in total. The second-order valence-electron chi connectivity index (χ2n) is 11.3. The molecule has 6 rings (SSSR count). The molecule has 0 aromatic carbocycles. The fourth-order valence-corrected chi connectivity index (χ4v) is 6.72. The van der Waals surface area contributed by atoms with Gasteiger partial charge >= 0.3 is 0 Å². The fraction of sp³-hybridized carbons (Fsp3) is 0.739. The van der Waals surface area contributed by atoms with Gasteiger partial charge in [0.1, 0.15) is 5.60 Å². The zero-order chi connectivity index (χ0) is 20.9. The normalized spacial score (nSPS) is 37.8. The molecule has 1 atom stereocenters. The number of amides is 1. The lowest BCUT2D eigenvalue weighted by Crippen LogP contribution is -2.65. The number of rotatable bonds is 1. The molecule has 0 aromatic heterocycles. The Kier molecular flexibility index (Phi) is 3.63. The van der Waals surface area contributed by atoms with Crippen molar-refractivity contribution in [3.63, 3.8) is 0 Å². The molecule has 0 radical (unpaired) electrons. The Hall–Kier alpha value is -2.02. The van der Waals surface area contributed by atoms with Gasteiger partial charge in [0, 0.05) is 29.2 Å². The summed E-state index contributed by atoms with van der Waals surface area (Å²) in [6.45, 7) is 8.80. The Morgan fingerprint density at radius 2 is 2.00 bits per heavy atom. The maximum atomic E-state index is 13.3. The number of hydrogen-bond donors (Lipinski definition) is 1. The molecule has 1 saturated carbocycles. The van der Waals surface area contributed by atoms with Gasteiger partial charge in [-0.15, -0.1) is 5.11 Å². The van der Waals surface area contributed by atoms with Crippen LogP contribution < -0.4 is 5.32 Å². The van der Waals surface area contributed by atoms with Crippen LogP contribution in [-0.4, -0.2) is 48.4 Å². The third kappa shape index (κ3) is 2.47. The Balaban J connectivity index is 1.29. The van der Waals surface area contributed by atoms with Crippen LogP contribution >= 0.6 is 0 Å². The van der Waals surface area contributed by atoms with Gasteiger partial charge in [0.15, 0.2) is 11.6 Å². The zero-order valence-corrected chi connectivity index (χ0v) is 18.1. The van der Waals surface area contributed by atoms with E-state index in [1.54, 1.807) is 0 Å². The summed E-state index contributed by atoms with van der Waals surface area (Å²) in [6, 6.07) is 0. The van der Waals surface area contributed by atoms with E-state index in [-0.39, 0.29) is 28.6 Å². The number of hydrogen-bond acceptors (Lipinski definition) is 6. The third-order valence-corrected chi connectivity index (χ3v) is 8.13. The van der Waals surface area contributed by atoms with Crippen molar-refractivity contribution in [1.29, 1.82) is 0 Å². The maximum absolute atomic E-state index is 13.3. The van der Waals surface area contributed by atoms with Crippen molar-refractivity contribution in [1.82, 2.24) is 10.2 Å². The van der Waals surface area contributed by atoms with Crippen molar-refractivity contribution in [2.75, 3.05) is 26.2 Å². The van der Waals surface area contributed by atoms with Crippen molar-refractivity contribution < 1.29 is 14.3 Å². The molecular formula is C23H30N4O3. The van der Waals surface area contributed by atoms with Crippen molar-refractivity contribution in [3.05, 3.63) is 22.7 Å². The van der Waals surface area contributed by atoms with Gasteiger partial charge in [-0.1, -0.05) is 20.8 Å². The smallest absolute Gasteiger partial charge is 0.225 e. The van der Waals surface area contributed by atoms with E-state index in [9.17, 15) is 9.59 Å². The first kappa shape index (κ1) is 18.7. The highest BCUT2D eigenvalue weighted by molar-refractivity contribution is 6.00. The quantitative estimate of drug-likeness (QED) is 0.720. The van der Waals surface area contributed by atoms with E-state index in [0.29, 0.717) is 38.6 Å². The van der Waals surface area contributed by atoms with Gasteiger partial charge < -0.3 is 15.0 Å². The minimum absolute atomic E-state index is 0.0608. The van der Waals surface area contributed by atoms with Crippen molar-refractivity contribution in [2.45, 2.75) is 58.5 Å². The van der Waals surface area contributed by atoms with Crippen LogP contribution in [0.3, 0.4) is 0 Å². The summed E-state index contributed by atoms with van der Waals surface area (Å²) in [5.74, 6) is 2.20. The second-order valence-corrected chi connectivity index (χ2v) is 11.3. The number of carbonyl (C=O) groups excluding carboxylic acids is 2. The van der Waals surface area contributed by atoms with Gasteiger partial charge in [-0.2, -0.15) is 5.11 Å². The average Bonchev–Trinajstić information content (AvgIpc) is 3.21. The summed E-state index contributed by atoms with van der Waals surface area (Å²) < 4.78 is 6.43. The molecule has 4 aliphatic heterocycles. The molecule has 0 bridgehead atoms. The lowest BCUT2D eigenvalue weighted by Gasteiger charge is -2.50. The lowest BCUT2D eigenvalue weighted by molar-refractivity contribution is -0.165. The number of allylic oxidation sites excluding steroid dienone is 1. The summed E-state index contributed by atoms with van der Waals surface area (Å²) in [5.41, 5.74) is 2.18. The minimum atomic E-state index is -0.437. The number of Topliss-reactive ketones (excluding diaryl/α,β-unsaturated/α-hetero) is 1. The molecule has 7 heteroatoms. The molecule has 1 amide bonds. The highest BCUT2D eigenvalue weighted by Gasteiger charge is 2.63. The van der Waals surface area contributed by atoms with Crippen LogP contribution in [0.4, 0.5) is 0 Å². The van der Waals surface area contributed by atoms with Crippen LogP contribution in [0.15, 0.2) is 32.9 Å². The SMILES string of the molecule is CC1CC(C(=O)N2CC3(C2)C[C@@]2(CO3)C3=C(N=NC3)NC3=C2C(=O)CC(C)(C)C3)C1. The van der Waals surface area contributed by atoms with Gasteiger partial charge in [0.2, 0.25) is 5.91 Å². The Bertz CT molecular complexity index is 949. The molecule has 30 heavy (non-hydrogen) atoms. The average molecular weight is 411 g/mol. The van der Waals surface area contributed by atoms with Crippen LogP contribution in [0, 0.1) is 22.7 Å². The zero-order valence-electron chi connectivity index (χ0n) is 18.1. The molecule has 0 unspecified atom stereocenters. The van der Waals surface area contributed by atoms with E-state index in [1.807, 2.05) is 4.90 Å². The van der Waals surface area contributed by atoms with Crippen molar-refractivity contribution >= 4 is 11.7 Å². The first-order chi connectivity index (χ1) is 14.2. The molecule has 3 fully saturated rings. The highest BCUT2D eigenvalue weighted by atomic mass is 16.5. The number of azo groups is 1. The third-order valence-electron chi connectivity index (χ3n) is 8.13. The van der Waals surface area contributed by atoms with Crippen LogP contribution in [0.5, 0.6) is 0 Å². The van der Waals surface area contributed by atoms with Crippen LogP contribution in [-0.2, 0) is 14.3 Å². The van der Waals surface area contributed by atoms with Crippen LogP contribution in [0.1, 0.15) is 52.9 Å². The molecule has 2 aliphatic carbocycles. The monoisotopic (exact) mass is 410 g/mol. The maximum Gasteiger partial charge on any atom is 0.225 e. The predicted octanol–water partition coefficient (Wildman–Crippen LogP) is 2.94. The number of carbonyl (C=O) groups is 2. The largest absolute Gasteiger partial charge is 0.370 e. The minimum Gasteiger partial charge on any atom is -0.370 e. The predicted molar refractivity (Wildman–Crippen MR) is 109 cm³/mol. The second kappa shape index (κ2) is 5.81. The number of likely N-dealkylation sites (tertiary alicyclic amines) is 1. The van der Waals surface area contributed by atoms with Gasteiger partial charge in [-0.05, 0) is 37.0 Å². The molecule has 4 heterocycles. The van der Waals surface area contributed by atoms with E-state index >= 15 is 0 Å². The number of ether oxygens (including phenoxy) is 1. The number of nitrogens with zero attached hydrogens (tertiary/aromatic N) is 3. The van der Waals surface area contributed by atoms with Gasteiger partial charge in [-0.25, -0.2) is 0 Å².